The SMILES string of the molecule is CC(C)c1cccc(C(C)C)c1N=Cc1ccc[n-]1.[Ni+2].[c-]1ccccc1.c1ccc(P(c2ccccc2)c2ccccc2)cc1. The van der Waals surface area contributed by atoms with Crippen molar-refractivity contribution in [2.75, 3.05) is 0 Å². The summed E-state index contributed by atoms with van der Waals surface area (Å²) in [6.45, 7) is 8.83. The summed E-state index contributed by atoms with van der Waals surface area (Å²) >= 11 is 0. The van der Waals surface area contributed by atoms with Crippen molar-refractivity contribution in [1.82, 2.24) is 4.98 Å². The van der Waals surface area contributed by atoms with Crippen molar-refractivity contribution >= 4 is 35.7 Å². The van der Waals surface area contributed by atoms with Crippen LogP contribution in [0.3, 0.4) is 0 Å². The maximum atomic E-state index is 4.70. The third-order valence-corrected chi connectivity index (χ3v) is 9.34. The van der Waals surface area contributed by atoms with Crippen LogP contribution in [0.1, 0.15) is 56.4 Å². The summed E-state index contributed by atoms with van der Waals surface area (Å²) in [6, 6.07) is 55.2. The summed E-state index contributed by atoms with van der Waals surface area (Å²) < 4.78 is 0. The van der Waals surface area contributed by atoms with Crippen LogP contribution < -0.4 is 20.9 Å². The van der Waals surface area contributed by atoms with E-state index in [2.05, 4.69) is 148 Å². The van der Waals surface area contributed by atoms with Gasteiger partial charge in [-0.15, -0.1) is 5.69 Å². The zero-order valence-corrected chi connectivity index (χ0v) is 28.3. The van der Waals surface area contributed by atoms with Crippen LogP contribution in [0.25, 0.3) is 0 Å². The Balaban J connectivity index is 0.000000203. The molecule has 6 rings (SSSR count). The molecule has 5 aromatic carbocycles. The molecule has 0 aliphatic rings. The first-order chi connectivity index (χ1) is 21.5. The molecule has 0 unspecified atom stereocenters. The van der Waals surface area contributed by atoms with Crippen LogP contribution in [0.4, 0.5) is 5.69 Å². The molecule has 0 radical (unpaired) electrons. The van der Waals surface area contributed by atoms with Crippen molar-refractivity contribution in [3.05, 3.63) is 181 Å². The second kappa shape index (κ2) is 19.4. The van der Waals surface area contributed by atoms with Crippen molar-refractivity contribution in [3.8, 4) is 0 Å². The van der Waals surface area contributed by atoms with Gasteiger partial charge >= 0.3 is 16.5 Å². The van der Waals surface area contributed by atoms with E-state index in [0.29, 0.717) is 11.8 Å². The van der Waals surface area contributed by atoms with Gasteiger partial charge in [0.2, 0.25) is 0 Å². The van der Waals surface area contributed by atoms with Gasteiger partial charge in [0, 0.05) is 6.21 Å². The van der Waals surface area contributed by atoms with Crippen LogP contribution >= 0.6 is 7.92 Å². The van der Waals surface area contributed by atoms with E-state index in [0.717, 1.165) is 11.4 Å². The summed E-state index contributed by atoms with van der Waals surface area (Å²) in [5, 5.41) is 4.19. The largest absolute Gasteiger partial charge is 2.00 e. The number of aliphatic imine (C=N–C) groups is 1. The van der Waals surface area contributed by atoms with Crippen LogP contribution in [-0.4, -0.2) is 6.21 Å². The number of hydrogen-bond acceptors (Lipinski definition) is 1. The fraction of sp³-hybridized carbons (Fsp3) is 0.146. The van der Waals surface area contributed by atoms with Crippen molar-refractivity contribution in [1.29, 1.82) is 0 Å². The van der Waals surface area contributed by atoms with Gasteiger partial charge in [-0.1, -0.05) is 149 Å². The van der Waals surface area contributed by atoms with E-state index in [1.54, 1.807) is 6.20 Å². The summed E-state index contributed by atoms with van der Waals surface area (Å²) in [6.07, 6.45) is 3.64. The molecule has 1 aromatic heterocycles. The average Bonchev–Trinajstić information content (AvgIpc) is 3.60. The Hall–Kier alpha value is -4.03. The van der Waals surface area contributed by atoms with Crippen LogP contribution in [0.2, 0.25) is 0 Å². The van der Waals surface area contributed by atoms with Gasteiger partial charge < -0.3 is 4.98 Å². The monoisotopic (exact) mass is 650 g/mol. The molecule has 0 bridgehead atoms. The maximum absolute atomic E-state index is 4.70. The van der Waals surface area contributed by atoms with Gasteiger partial charge in [-0.2, -0.15) is 42.6 Å². The third kappa shape index (κ3) is 11.1. The minimum Gasteiger partial charge on any atom is -0.663 e. The molecular weight excluding hydrogens is 610 g/mol. The first-order valence-corrected chi connectivity index (χ1v) is 16.5. The van der Waals surface area contributed by atoms with Crippen LogP contribution in [0.5, 0.6) is 0 Å². The molecule has 6 aromatic rings. The molecule has 0 atom stereocenters. The molecule has 45 heavy (non-hydrogen) atoms. The molecule has 0 saturated carbocycles. The zero-order chi connectivity index (χ0) is 31.0. The van der Waals surface area contributed by atoms with Gasteiger partial charge in [0.1, 0.15) is 0 Å². The van der Waals surface area contributed by atoms with Gasteiger partial charge in [0.25, 0.3) is 0 Å². The fourth-order valence-corrected chi connectivity index (χ4v) is 7.01. The quantitative estimate of drug-likeness (QED) is 0.0731. The Morgan fingerprint density at radius 3 is 1.33 bits per heavy atom. The van der Waals surface area contributed by atoms with Gasteiger partial charge in [-0.25, -0.2) is 0 Å². The second-order valence-electron chi connectivity index (χ2n) is 10.8. The third-order valence-electron chi connectivity index (χ3n) is 6.90. The van der Waals surface area contributed by atoms with Crippen LogP contribution in [-0.2, 0) is 16.5 Å². The standard InChI is InChI=1S/C18H15P.C17H21N2.C6H5.Ni/c1-4-10-16(11-5-1)19(17-12-6-2-7-13-17)18-14-8-3-9-15-18;1-12(2)15-8-5-9-16(13(3)4)17(15)19-11-14-7-6-10-18-14;1-2-4-6-5-3-1;/h1-15H;5-13H,1-4H3;1-5H;/q;2*-1;+2. The topological polar surface area (TPSA) is 26.5 Å². The van der Waals surface area contributed by atoms with Crippen LogP contribution in [0.15, 0.2) is 163 Å². The molecule has 230 valence electrons. The van der Waals surface area contributed by atoms with Crippen LogP contribution in [0, 0.1) is 6.07 Å². The maximum Gasteiger partial charge on any atom is 2.00 e. The number of nitrogens with zero attached hydrogens (tertiary/aromatic N) is 2. The molecule has 2 nitrogen and oxygen atoms in total. The first kappa shape index (κ1) is 35.5. The zero-order valence-electron chi connectivity index (χ0n) is 26.4. The molecule has 0 saturated heterocycles. The predicted molar refractivity (Wildman–Crippen MR) is 192 cm³/mol. The fourth-order valence-electron chi connectivity index (χ4n) is 4.70. The summed E-state index contributed by atoms with van der Waals surface area (Å²) in [5.74, 6) is 0.942. The number of aromatic nitrogens is 1. The number of para-hydroxylation sites is 1. The Bertz CT molecular complexity index is 1490. The summed E-state index contributed by atoms with van der Waals surface area (Å²) in [7, 11) is -0.446. The average molecular weight is 651 g/mol. The van der Waals surface area contributed by atoms with E-state index in [-0.39, 0.29) is 16.5 Å². The molecule has 0 aliphatic heterocycles. The first-order valence-electron chi connectivity index (χ1n) is 15.2. The smallest absolute Gasteiger partial charge is 0.663 e. The molecule has 0 spiro atoms. The normalized spacial score (nSPS) is 10.6. The number of hydrogen-bond donors (Lipinski definition) is 0. The minimum absolute atomic E-state index is 0. The molecular formula is C41H41N2NiP. The Morgan fingerprint density at radius 1 is 0.556 bits per heavy atom. The molecule has 0 fully saturated rings. The van der Waals surface area contributed by atoms with Crippen molar-refractivity contribution in [2.24, 2.45) is 4.99 Å². The van der Waals surface area contributed by atoms with E-state index in [4.69, 9.17) is 4.99 Å². The Labute approximate surface area is 281 Å². The van der Waals surface area contributed by atoms with Gasteiger partial charge in [-0.3, -0.25) is 4.99 Å². The van der Waals surface area contributed by atoms with Crippen molar-refractivity contribution in [3.63, 3.8) is 0 Å². The van der Waals surface area contributed by atoms with E-state index < -0.39 is 7.92 Å². The molecule has 0 aliphatic carbocycles. The summed E-state index contributed by atoms with van der Waals surface area (Å²) in [4.78, 5) is 8.93. The minimum atomic E-state index is -0.446. The molecule has 4 heteroatoms. The molecule has 0 N–H and O–H groups in total. The molecule has 0 amide bonds. The van der Waals surface area contributed by atoms with Gasteiger partial charge in [-0.05, 0) is 46.8 Å². The second-order valence-corrected chi connectivity index (χ2v) is 13.1. The van der Waals surface area contributed by atoms with Crippen molar-refractivity contribution in [2.45, 2.75) is 39.5 Å². The van der Waals surface area contributed by atoms with E-state index in [1.807, 2.05) is 48.7 Å². The van der Waals surface area contributed by atoms with Crippen molar-refractivity contribution < 1.29 is 16.5 Å². The number of rotatable bonds is 7. The van der Waals surface area contributed by atoms with E-state index in [1.165, 1.54) is 27.0 Å². The predicted octanol–water partition coefficient (Wildman–Crippen LogP) is 9.57. The van der Waals surface area contributed by atoms with Gasteiger partial charge in [0.15, 0.2) is 0 Å². The van der Waals surface area contributed by atoms with Gasteiger partial charge in [0.05, 0.1) is 5.69 Å². The Morgan fingerprint density at radius 2 is 1.00 bits per heavy atom. The molecule has 1 heterocycles. The van der Waals surface area contributed by atoms with E-state index >= 15 is 0 Å². The number of benzene rings is 5. The Kier molecular flexibility index (Phi) is 15.3. The summed E-state index contributed by atoms with van der Waals surface area (Å²) in [5.41, 5.74) is 4.62. The van der Waals surface area contributed by atoms with E-state index in [9.17, 15) is 0 Å².